The number of rotatable bonds is 10. The molecule has 3 nitrogen and oxygen atoms in total. The Bertz CT molecular complexity index is 721. The van der Waals surface area contributed by atoms with Crippen molar-refractivity contribution in [3.05, 3.63) is 47.6 Å². The predicted molar refractivity (Wildman–Crippen MR) is 127 cm³/mol. The van der Waals surface area contributed by atoms with E-state index in [1.165, 1.54) is 31.2 Å². The molecule has 0 heterocycles. The quantitative estimate of drug-likeness (QED) is 0.333. The fourth-order valence-electron chi connectivity index (χ4n) is 4.85. The Balaban J connectivity index is 2.50. The average Bonchev–Trinajstić information content (AvgIpc) is 2.72. The van der Waals surface area contributed by atoms with Gasteiger partial charge in [0, 0.05) is 11.5 Å². The highest BCUT2D eigenvalue weighted by atomic mass is 16.5. The lowest BCUT2D eigenvalue weighted by Crippen LogP contribution is -2.33. The molecule has 0 amide bonds. The smallest absolute Gasteiger partial charge is 0.126 e. The SMILES string of the molecule is C=C1CC[C@@H](C(=C)C)[C@H](c2c(OC)cc(C(C)(C)CCCCCC)cc2OC)[C@H]1O. The van der Waals surface area contributed by atoms with Crippen molar-refractivity contribution in [1.29, 1.82) is 0 Å². The summed E-state index contributed by atoms with van der Waals surface area (Å²) in [4.78, 5) is 0. The van der Waals surface area contributed by atoms with Crippen LogP contribution in [0.3, 0.4) is 0 Å². The number of ether oxygens (including phenoxy) is 2. The number of hydrogen-bond acceptors (Lipinski definition) is 3. The number of methoxy groups -OCH3 is 2. The van der Waals surface area contributed by atoms with Crippen molar-refractivity contribution in [3.63, 3.8) is 0 Å². The Morgan fingerprint density at radius 2 is 1.73 bits per heavy atom. The van der Waals surface area contributed by atoms with E-state index < -0.39 is 6.10 Å². The van der Waals surface area contributed by atoms with Gasteiger partial charge in [-0.15, -0.1) is 0 Å². The maximum Gasteiger partial charge on any atom is 0.126 e. The second-order valence-corrected chi connectivity index (χ2v) is 9.61. The summed E-state index contributed by atoms with van der Waals surface area (Å²) in [5.74, 6) is 1.59. The third kappa shape index (κ3) is 5.29. The van der Waals surface area contributed by atoms with Crippen LogP contribution in [-0.4, -0.2) is 25.4 Å². The van der Waals surface area contributed by atoms with Gasteiger partial charge in [-0.2, -0.15) is 0 Å². The first kappa shape index (κ1) is 24.5. The van der Waals surface area contributed by atoms with E-state index in [0.717, 1.165) is 47.5 Å². The largest absolute Gasteiger partial charge is 0.496 e. The highest BCUT2D eigenvalue weighted by Crippen LogP contribution is 2.50. The zero-order valence-corrected chi connectivity index (χ0v) is 20.0. The molecule has 3 heteroatoms. The molecule has 1 aromatic rings. The first-order valence-corrected chi connectivity index (χ1v) is 11.4. The van der Waals surface area contributed by atoms with Crippen LogP contribution >= 0.6 is 0 Å². The lowest BCUT2D eigenvalue weighted by Gasteiger charge is -2.39. The van der Waals surface area contributed by atoms with Gasteiger partial charge >= 0.3 is 0 Å². The number of aliphatic hydroxyl groups is 1. The molecule has 0 unspecified atom stereocenters. The zero-order chi connectivity index (χ0) is 22.5. The fourth-order valence-corrected chi connectivity index (χ4v) is 4.85. The average molecular weight is 415 g/mol. The summed E-state index contributed by atoms with van der Waals surface area (Å²) in [6, 6.07) is 4.30. The zero-order valence-electron chi connectivity index (χ0n) is 20.0. The van der Waals surface area contributed by atoms with Crippen molar-refractivity contribution in [2.75, 3.05) is 14.2 Å². The van der Waals surface area contributed by atoms with Gasteiger partial charge in [0.15, 0.2) is 0 Å². The molecule has 0 spiro atoms. The summed E-state index contributed by atoms with van der Waals surface area (Å²) in [6.07, 6.45) is 7.26. The van der Waals surface area contributed by atoms with Gasteiger partial charge in [0.2, 0.25) is 0 Å². The summed E-state index contributed by atoms with van der Waals surface area (Å²) >= 11 is 0. The highest BCUT2D eigenvalue weighted by molar-refractivity contribution is 5.54. The molecule has 1 aliphatic carbocycles. The summed E-state index contributed by atoms with van der Waals surface area (Å²) in [5.41, 5.74) is 4.13. The molecule has 0 aliphatic heterocycles. The molecular weight excluding hydrogens is 372 g/mol. The van der Waals surface area contributed by atoms with Gasteiger partial charge < -0.3 is 14.6 Å². The fraction of sp³-hybridized carbons (Fsp3) is 0.630. The molecule has 1 aliphatic rings. The first-order valence-electron chi connectivity index (χ1n) is 11.4. The van der Waals surface area contributed by atoms with E-state index in [-0.39, 0.29) is 17.3 Å². The molecule has 0 aromatic heterocycles. The topological polar surface area (TPSA) is 38.7 Å². The second kappa shape index (κ2) is 10.5. The summed E-state index contributed by atoms with van der Waals surface area (Å²) in [7, 11) is 3.41. The number of benzene rings is 1. The maximum atomic E-state index is 11.1. The lowest BCUT2D eigenvalue weighted by atomic mass is 9.68. The van der Waals surface area contributed by atoms with E-state index in [0.29, 0.717) is 0 Å². The monoisotopic (exact) mass is 414 g/mol. The number of unbranched alkanes of at least 4 members (excludes halogenated alkanes) is 3. The molecular formula is C27H42O3. The van der Waals surface area contributed by atoms with Crippen molar-refractivity contribution in [2.45, 2.75) is 90.1 Å². The van der Waals surface area contributed by atoms with Crippen LogP contribution in [-0.2, 0) is 5.41 Å². The van der Waals surface area contributed by atoms with Gasteiger partial charge in [-0.1, -0.05) is 65.2 Å². The third-order valence-corrected chi connectivity index (χ3v) is 6.92. The molecule has 0 saturated heterocycles. The molecule has 0 radical (unpaired) electrons. The van der Waals surface area contributed by atoms with E-state index in [4.69, 9.17) is 9.47 Å². The first-order chi connectivity index (χ1) is 14.2. The minimum Gasteiger partial charge on any atom is -0.496 e. The normalized spacial score (nSPS) is 22.1. The van der Waals surface area contributed by atoms with Crippen LogP contribution in [0.1, 0.15) is 89.7 Å². The Labute approximate surface area is 184 Å². The minimum absolute atomic E-state index is 0.0232. The molecule has 1 aromatic carbocycles. The Morgan fingerprint density at radius 1 is 1.13 bits per heavy atom. The van der Waals surface area contributed by atoms with Gasteiger partial charge in [-0.3, -0.25) is 0 Å². The standard InChI is InChI=1S/C27H42O3/c1-9-10-11-12-15-27(5,6)20-16-22(29-7)25(23(17-20)30-8)24-21(18(2)3)14-13-19(4)26(24)28/h16-17,21,24,26,28H,2,4,9-15H2,1,3,5-8H3/t21-,24+,26-/m0/s1. The van der Waals surface area contributed by atoms with E-state index in [9.17, 15) is 5.11 Å². The molecule has 1 fully saturated rings. The van der Waals surface area contributed by atoms with Gasteiger partial charge in [0.05, 0.1) is 20.3 Å². The van der Waals surface area contributed by atoms with E-state index >= 15 is 0 Å². The van der Waals surface area contributed by atoms with Crippen LogP contribution in [0.15, 0.2) is 36.4 Å². The Kier molecular flexibility index (Phi) is 8.61. The van der Waals surface area contributed by atoms with Crippen molar-refractivity contribution in [3.8, 4) is 11.5 Å². The van der Waals surface area contributed by atoms with Crippen LogP contribution < -0.4 is 9.47 Å². The van der Waals surface area contributed by atoms with E-state index in [1.54, 1.807) is 14.2 Å². The molecule has 1 saturated carbocycles. The van der Waals surface area contributed by atoms with E-state index in [2.05, 4.69) is 46.1 Å². The van der Waals surface area contributed by atoms with Crippen LogP contribution in [0.5, 0.6) is 11.5 Å². The van der Waals surface area contributed by atoms with Crippen LogP contribution in [0.2, 0.25) is 0 Å². The summed E-state index contributed by atoms with van der Waals surface area (Å²) in [6.45, 7) is 17.2. The van der Waals surface area contributed by atoms with Gasteiger partial charge in [0.25, 0.3) is 0 Å². The van der Waals surface area contributed by atoms with Crippen LogP contribution in [0.25, 0.3) is 0 Å². The summed E-state index contributed by atoms with van der Waals surface area (Å²) < 4.78 is 11.8. The van der Waals surface area contributed by atoms with Crippen molar-refractivity contribution in [1.82, 2.24) is 0 Å². The molecule has 30 heavy (non-hydrogen) atoms. The van der Waals surface area contributed by atoms with Crippen molar-refractivity contribution >= 4 is 0 Å². The highest BCUT2D eigenvalue weighted by Gasteiger charge is 2.40. The molecule has 168 valence electrons. The van der Waals surface area contributed by atoms with Crippen LogP contribution in [0.4, 0.5) is 0 Å². The van der Waals surface area contributed by atoms with Gasteiger partial charge in [-0.25, -0.2) is 0 Å². The number of aliphatic hydroxyl groups excluding tert-OH is 1. The predicted octanol–water partition coefficient (Wildman–Crippen LogP) is 6.94. The molecule has 2 rings (SSSR count). The second-order valence-electron chi connectivity index (χ2n) is 9.61. The molecule has 1 N–H and O–H groups in total. The minimum atomic E-state index is -0.629. The molecule has 3 atom stereocenters. The lowest BCUT2D eigenvalue weighted by molar-refractivity contribution is 0.126. The van der Waals surface area contributed by atoms with Gasteiger partial charge in [0.1, 0.15) is 11.5 Å². The van der Waals surface area contributed by atoms with Crippen LogP contribution in [0, 0.1) is 5.92 Å². The number of hydrogen-bond donors (Lipinski definition) is 1. The Hall–Kier alpha value is -1.74. The maximum absolute atomic E-state index is 11.1. The number of allylic oxidation sites excluding steroid dienone is 1. The van der Waals surface area contributed by atoms with Crippen molar-refractivity contribution in [2.24, 2.45) is 5.92 Å². The third-order valence-electron chi connectivity index (χ3n) is 6.92. The molecule has 0 bridgehead atoms. The van der Waals surface area contributed by atoms with Crippen molar-refractivity contribution < 1.29 is 14.6 Å². The Morgan fingerprint density at radius 3 is 2.23 bits per heavy atom. The summed E-state index contributed by atoms with van der Waals surface area (Å²) in [5, 5.41) is 11.1. The van der Waals surface area contributed by atoms with Gasteiger partial charge in [-0.05, 0) is 60.8 Å². The van der Waals surface area contributed by atoms with E-state index in [1.807, 2.05) is 6.92 Å².